The van der Waals surface area contributed by atoms with E-state index in [9.17, 15) is 4.39 Å². The van der Waals surface area contributed by atoms with E-state index < -0.39 is 0 Å². The predicted octanol–water partition coefficient (Wildman–Crippen LogP) is 3.60. The monoisotopic (exact) mass is 278 g/mol. The molecule has 0 radical (unpaired) electrons. The van der Waals surface area contributed by atoms with Crippen molar-refractivity contribution in [2.24, 2.45) is 5.92 Å². The SMILES string of the molecule is CCC(C)N(C)CCNC(c1ccc(F)cc1)C1CC1. The Balaban J connectivity index is 1.86. The molecule has 0 heterocycles. The lowest BCUT2D eigenvalue weighted by Crippen LogP contribution is -2.36. The molecule has 1 aliphatic rings. The van der Waals surface area contributed by atoms with Crippen LogP contribution in [-0.2, 0) is 0 Å². The zero-order valence-corrected chi connectivity index (χ0v) is 12.9. The largest absolute Gasteiger partial charge is 0.308 e. The van der Waals surface area contributed by atoms with E-state index in [1.807, 2.05) is 12.1 Å². The Hall–Kier alpha value is -0.930. The number of likely N-dealkylation sites (N-methyl/N-ethyl adjacent to an activating group) is 1. The van der Waals surface area contributed by atoms with E-state index >= 15 is 0 Å². The minimum atomic E-state index is -0.153. The summed E-state index contributed by atoms with van der Waals surface area (Å²) in [6, 6.07) is 7.99. The number of nitrogens with one attached hydrogen (secondary N) is 1. The molecule has 3 heteroatoms. The number of benzene rings is 1. The second-order valence-corrected chi connectivity index (χ2v) is 6.06. The molecule has 112 valence electrons. The second-order valence-electron chi connectivity index (χ2n) is 6.06. The first kappa shape index (κ1) is 15.5. The zero-order chi connectivity index (χ0) is 14.5. The highest BCUT2D eigenvalue weighted by atomic mass is 19.1. The van der Waals surface area contributed by atoms with Gasteiger partial charge in [-0.3, -0.25) is 0 Å². The molecule has 0 aromatic heterocycles. The number of rotatable bonds is 8. The van der Waals surface area contributed by atoms with Crippen molar-refractivity contribution in [2.75, 3.05) is 20.1 Å². The molecule has 0 saturated heterocycles. The van der Waals surface area contributed by atoms with Crippen molar-refractivity contribution >= 4 is 0 Å². The van der Waals surface area contributed by atoms with Gasteiger partial charge in [0.05, 0.1) is 0 Å². The van der Waals surface area contributed by atoms with Gasteiger partial charge in [-0.2, -0.15) is 0 Å². The third-order valence-electron chi connectivity index (χ3n) is 4.49. The summed E-state index contributed by atoms with van der Waals surface area (Å²) in [6.07, 6.45) is 3.76. The van der Waals surface area contributed by atoms with Crippen LogP contribution in [0.5, 0.6) is 0 Å². The Kier molecular flexibility index (Phi) is 5.55. The van der Waals surface area contributed by atoms with Gasteiger partial charge in [-0.1, -0.05) is 19.1 Å². The van der Waals surface area contributed by atoms with Gasteiger partial charge >= 0.3 is 0 Å². The van der Waals surface area contributed by atoms with Crippen LogP contribution >= 0.6 is 0 Å². The molecule has 2 unspecified atom stereocenters. The van der Waals surface area contributed by atoms with Crippen LogP contribution in [0.1, 0.15) is 44.7 Å². The van der Waals surface area contributed by atoms with Gasteiger partial charge in [-0.15, -0.1) is 0 Å². The van der Waals surface area contributed by atoms with Crippen LogP contribution in [0.25, 0.3) is 0 Å². The second kappa shape index (κ2) is 7.19. The molecule has 1 N–H and O–H groups in total. The molecule has 0 aliphatic heterocycles. The summed E-state index contributed by atoms with van der Waals surface area (Å²) in [5.74, 6) is 0.578. The van der Waals surface area contributed by atoms with Crippen LogP contribution < -0.4 is 5.32 Å². The normalized spacial score (nSPS) is 18.2. The minimum absolute atomic E-state index is 0.153. The Morgan fingerprint density at radius 3 is 2.50 bits per heavy atom. The smallest absolute Gasteiger partial charge is 0.123 e. The molecule has 20 heavy (non-hydrogen) atoms. The van der Waals surface area contributed by atoms with Gasteiger partial charge in [-0.25, -0.2) is 4.39 Å². The van der Waals surface area contributed by atoms with Crippen molar-refractivity contribution in [1.82, 2.24) is 10.2 Å². The van der Waals surface area contributed by atoms with Crippen LogP contribution in [0, 0.1) is 11.7 Å². The Morgan fingerprint density at radius 2 is 1.95 bits per heavy atom. The van der Waals surface area contributed by atoms with E-state index in [2.05, 4.69) is 31.1 Å². The molecule has 1 fully saturated rings. The lowest BCUT2D eigenvalue weighted by Gasteiger charge is -2.25. The lowest BCUT2D eigenvalue weighted by molar-refractivity contribution is 0.246. The average molecular weight is 278 g/mol. The first-order chi connectivity index (χ1) is 9.61. The third-order valence-corrected chi connectivity index (χ3v) is 4.49. The van der Waals surface area contributed by atoms with Gasteiger partial charge in [0.2, 0.25) is 0 Å². The number of nitrogens with zero attached hydrogens (tertiary/aromatic N) is 1. The molecule has 2 rings (SSSR count). The van der Waals surface area contributed by atoms with E-state index in [1.165, 1.54) is 24.8 Å². The number of hydrogen-bond donors (Lipinski definition) is 1. The molecule has 0 bridgehead atoms. The van der Waals surface area contributed by atoms with Gasteiger partial charge in [0.15, 0.2) is 0 Å². The van der Waals surface area contributed by atoms with Crippen LogP contribution in [0.2, 0.25) is 0 Å². The van der Waals surface area contributed by atoms with Gasteiger partial charge in [0, 0.05) is 25.2 Å². The third kappa shape index (κ3) is 4.29. The number of halogens is 1. The molecule has 1 aromatic carbocycles. The van der Waals surface area contributed by atoms with Crippen LogP contribution in [0.3, 0.4) is 0 Å². The van der Waals surface area contributed by atoms with Crippen LogP contribution in [0.4, 0.5) is 4.39 Å². The van der Waals surface area contributed by atoms with Crippen LogP contribution in [0.15, 0.2) is 24.3 Å². The van der Waals surface area contributed by atoms with E-state index in [0.717, 1.165) is 19.0 Å². The maximum Gasteiger partial charge on any atom is 0.123 e. The maximum atomic E-state index is 13.0. The fourth-order valence-electron chi connectivity index (χ4n) is 2.58. The molecule has 0 spiro atoms. The quantitative estimate of drug-likeness (QED) is 0.781. The predicted molar refractivity (Wildman–Crippen MR) is 82.3 cm³/mol. The molecular weight excluding hydrogens is 251 g/mol. The molecule has 1 aliphatic carbocycles. The topological polar surface area (TPSA) is 15.3 Å². The maximum absolute atomic E-state index is 13.0. The van der Waals surface area contributed by atoms with Crippen molar-refractivity contribution in [3.63, 3.8) is 0 Å². The summed E-state index contributed by atoms with van der Waals surface area (Å²) in [5.41, 5.74) is 1.22. The first-order valence-corrected chi connectivity index (χ1v) is 7.81. The summed E-state index contributed by atoms with van der Waals surface area (Å²) < 4.78 is 13.0. The van der Waals surface area contributed by atoms with E-state index in [4.69, 9.17) is 0 Å². The molecule has 2 nitrogen and oxygen atoms in total. The van der Waals surface area contributed by atoms with Crippen molar-refractivity contribution in [3.8, 4) is 0 Å². The van der Waals surface area contributed by atoms with E-state index in [-0.39, 0.29) is 5.82 Å². The van der Waals surface area contributed by atoms with E-state index in [0.29, 0.717) is 12.1 Å². The van der Waals surface area contributed by atoms with Gasteiger partial charge < -0.3 is 10.2 Å². The van der Waals surface area contributed by atoms with Crippen LogP contribution in [-0.4, -0.2) is 31.1 Å². The molecular formula is C17H27FN2. The molecule has 1 aromatic rings. The highest BCUT2D eigenvalue weighted by Crippen LogP contribution is 2.40. The summed E-state index contributed by atoms with van der Waals surface area (Å²) in [7, 11) is 2.18. The Morgan fingerprint density at radius 1 is 1.30 bits per heavy atom. The van der Waals surface area contributed by atoms with Crippen molar-refractivity contribution < 1.29 is 4.39 Å². The lowest BCUT2D eigenvalue weighted by atomic mass is 10.0. The summed E-state index contributed by atoms with van der Waals surface area (Å²) in [6.45, 7) is 6.53. The van der Waals surface area contributed by atoms with Crippen molar-refractivity contribution in [3.05, 3.63) is 35.6 Å². The number of hydrogen-bond acceptors (Lipinski definition) is 2. The zero-order valence-electron chi connectivity index (χ0n) is 12.9. The van der Waals surface area contributed by atoms with E-state index in [1.54, 1.807) is 12.1 Å². The van der Waals surface area contributed by atoms with Gasteiger partial charge in [0.25, 0.3) is 0 Å². The highest BCUT2D eigenvalue weighted by molar-refractivity contribution is 5.22. The first-order valence-electron chi connectivity index (χ1n) is 7.81. The average Bonchev–Trinajstić information content (AvgIpc) is 3.28. The molecule has 1 saturated carbocycles. The van der Waals surface area contributed by atoms with Gasteiger partial charge in [0.1, 0.15) is 5.82 Å². The fraction of sp³-hybridized carbons (Fsp3) is 0.647. The summed E-state index contributed by atoms with van der Waals surface area (Å²) in [4.78, 5) is 2.39. The van der Waals surface area contributed by atoms with Crippen molar-refractivity contribution in [2.45, 2.75) is 45.2 Å². The molecule has 0 amide bonds. The standard InChI is InChI=1S/C17H27FN2/c1-4-13(2)20(3)12-11-19-17(14-5-6-14)15-7-9-16(18)10-8-15/h7-10,13-14,17,19H,4-6,11-12H2,1-3H3. The summed E-state index contributed by atoms with van der Waals surface area (Å²) in [5, 5.41) is 3.66. The Labute approximate surface area is 122 Å². The van der Waals surface area contributed by atoms with Gasteiger partial charge in [-0.05, 0) is 56.8 Å². The fourth-order valence-corrected chi connectivity index (χ4v) is 2.58. The Bertz CT molecular complexity index is 400. The van der Waals surface area contributed by atoms with Crippen molar-refractivity contribution in [1.29, 1.82) is 0 Å². The minimum Gasteiger partial charge on any atom is -0.308 e. The summed E-state index contributed by atoms with van der Waals surface area (Å²) >= 11 is 0. The molecule has 2 atom stereocenters. The highest BCUT2D eigenvalue weighted by Gasteiger charge is 2.31.